The van der Waals surface area contributed by atoms with Gasteiger partial charge in [-0.2, -0.15) is 5.10 Å². The number of amides is 1. The van der Waals surface area contributed by atoms with E-state index in [-0.39, 0.29) is 11.9 Å². The van der Waals surface area contributed by atoms with Gasteiger partial charge in [-0.3, -0.25) is 14.5 Å². The minimum absolute atomic E-state index is 0.0542. The van der Waals surface area contributed by atoms with Crippen molar-refractivity contribution in [3.8, 4) is 11.5 Å². The van der Waals surface area contributed by atoms with Gasteiger partial charge in [-0.15, -0.1) is 10.2 Å². The van der Waals surface area contributed by atoms with Gasteiger partial charge < -0.3 is 9.32 Å². The molecule has 128 valence electrons. The van der Waals surface area contributed by atoms with Crippen molar-refractivity contribution in [3.63, 3.8) is 0 Å². The molecule has 8 heteroatoms. The van der Waals surface area contributed by atoms with E-state index in [2.05, 4.69) is 20.3 Å². The van der Waals surface area contributed by atoms with E-state index < -0.39 is 0 Å². The summed E-state index contributed by atoms with van der Waals surface area (Å²) >= 11 is 0. The molecular weight excluding hydrogens is 320 g/mol. The molecule has 0 saturated carbocycles. The molecule has 0 aromatic carbocycles. The van der Waals surface area contributed by atoms with Crippen LogP contribution in [-0.2, 0) is 7.05 Å². The van der Waals surface area contributed by atoms with Crippen LogP contribution < -0.4 is 0 Å². The summed E-state index contributed by atoms with van der Waals surface area (Å²) in [7, 11) is 1.80. The van der Waals surface area contributed by atoms with Crippen molar-refractivity contribution in [2.45, 2.75) is 25.3 Å². The van der Waals surface area contributed by atoms with Crippen LogP contribution in [0.4, 0.5) is 0 Å². The van der Waals surface area contributed by atoms with Crippen LogP contribution in [0.5, 0.6) is 0 Å². The average Bonchev–Trinajstić information content (AvgIpc) is 3.31. The largest absolute Gasteiger partial charge is 0.418 e. The number of piperidine rings is 1. The van der Waals surface area contributed by atoms with Gasteiger partial charge in [0, 0.05) is 37.7 Å². The summed E-state index contributed by atoms with van der Waals surface area (Å²) < 4.78 is 7.49. The Labute approximate surface area is 144 Å². The maximum atomic E-state index is 12.8. The summed E-state index contributed by atoms with van der Waals surface area (Å²) in [5, 5.41) is 12.4. The third-order valence-electron chi connectivity index (χ3n) is 4.37. The Kier molecular flexibility index (Phi) is 4.01. The molecule has 1 unspecified atom stereocenters. The Morgan fingerprint density at radius 1 is 1.24 bits per heavy atom. The highest BCUT2D eigenvalue weighted by molar-refractivity contribution is 5.94. The molecular formula is C17H18N6O2. The number of hydrogen-bond donors (Lipinski definition) is 0. The minimum Gasteiger partial charge on any atom is -0.418 e. The maximum Gasteiger partial charge on any atom is 0.257 e. The number of rotatable bonds is 3. The van der Waals surface area contributed by atoms with Gasteiger partial charge in [-0.25, -0.2) is 0 Å². The van der Waals surface area contributed by atoms with Crippen LogP contribution in [0.25, 0.3) is 11.5 Å². The number of aromatic nitrogens is 5. The Morgan fingerprint density at radius 2 is 2.08 bits per heavy atom. The predicted molar refractivity (Wildman–Crippen MR) is 88.4 cm³/mol. The lowest BCUT2D eigenvalue weighted by Gasteiger charge is -2.33. The first-order valence-electron chi connectivity index (χ1n) is 8.26. The second-order valence-corrected chi connectivity index (χ2v) is 6.09. The van der Waals surface area contributed by atoms with E-state index in [1.807, 2.05) is 17.0 Å². The molecule has 0 N–H and O–H groups in total. The molecule has 1 aliphatic rings. The molecule has 0 radical (unpaired) electrons. The lowest BCUT2D eigenvalue weighted by molar-refractivity contribution is 0.0572. The van der Waals surface area contributed by atoms with Gasteiger partial charge in [0.05, 0.1) is 11.8 Å². The molecule has 4 rings (SSSR count). The summed E-state index contributed by atoms with van der Waals surface area (Å²) in [6.45, 7) is 0.672. The summed E-state index contributed by atoms with van der Waals surface area (Å²) in [6.07, 6.45) is 9.47. The third kappa shape index (κ3) is 3.02. The molecule has 1 fully saturated rings. The summed E-state index contributed by atoms with van der Waals surface area (Å²) in [6, 6.07) is 3.43. The van der Waals surface area contributed by atoms with Crippen LogP contribution in [0.1, 0.15) is 41.6 Å². The van der Waals surface area contributed by atoms with E-state index in [1.54, 1.807) is 36.5 Å². The van der Waals surface area contributed by atoms with Gasteiger partial charge in [0.25, 0.3) is 5.91 Å². The fourth-order valence-electron chi connectivity index (χ4n) is 3.11. The summed E-state index contributed by atoms with van der Waals surface area (Å²) in [4.78, 5) is 18.6. The topological polar surface area (TPSA) is 89.9 Å². The Bertz CT molecular complexity index is 872. The monoisotopic (exact) mass is 338 g/mol. The number of hydrogen-bond acceptors (Lipinski definition) is 6. The molecule has 1 amide bonds. The number of carbonyl (C=O) groups is 1. The molecule has 1 atom stereocenters. The molecule has 25 heavy (non-hydrogen) atoms. The Hall–Kier alpha value is -3.03. The predicted octanol–water partition coefficient (Wildman–Crippen LogP) is 2.23. The van der Waals surface area contributed by atoms with Gasteiger partial charge in [-0.05, 0) is 31.4 Å². The van der Waals surface area contributed by atoms with E-state index >= 15 is 0 Å². The van der Waals surface area contributed by atoms with Crippen molar-refractivity contribution in [2.24, 2.45) is 7.05 Å². The van der Waals surface area contributed by atoms with Gasteiger partial charge in [0.15, 0.2) is 0 Å². The normalized spacial score (nSPS) is 17.6. The highest BCUT2D eigenvalue weighted by Gasteiger charge is 2.33. The molecule has 8 nitrogen and oxygen atoms in total. The number of carbonyl (C=O) groups excluding carboxylic acids is 1. The van der Waals surface area contributed by atoms with Gasteiger partial charge in [0.1, 0.15) is 6.04 Å². The van der Waals surface area contributed by atoms with Gasteiger partial charge in [-0.1, -0.05) is 0 Å². The average molecular weight is 338 g/mol. The lowest BCUT2D eigenvalue weighted by Crippen LogP contribution is -2.38. The van der Waals surface area contributed by atoms with Crippen molar-refractivity contribution < 1.29 is 9.21 Å². The van der Waals surface area contributed by atoms with Crippen molar-refractivity contribution in [3.05, 3.63) is 48.4 Å². The highest BCUT2D eigenvalue weighted by atomic mass is 16.4. The van der Waals surface area contributed by atoms with E-state index in [9.17, 15) is 4.79 Å². The zero-order valence-corrected chi connectivity index (χ0v) is 13.9. The molecule has 3 aromatic heterocycles. The van der Waals surface area contributed by atoms with Crippen LogP contribution in [0.3, 0.4) is 0 Å². The van der Waals surface area contributed by atoms with Crippen LogP contribution >= 0.6 is 0 Å². The van der Waals surface area contributed by atoms with Gasteiger partial charge >= 0.3 is 0 Å². The van der Waals surface area contributed by atoms with Crippen LogP contribution in [0, 0.1) is 0 Å². The number of likely N-dealkylation sites (tertiary alicyclic amines) is 1. The van der Waals surface area contributed by atoms with E-state index in [1.165, 1.54) is 0 Å². The second kappa shape index (κ2) is 6.46. The Morgan fingerprint density at radius 3 is 2.84 bits per heavy atom. The fraction of sp³-hybridized carbons (Fsp3) is 0.353. The molecule has 4 heterocycles. The smallest absolute Gasteiger partial charge is 0.257 e. The molecule has 0 bridgehead atoms. The zero-order chi connectivity index (χ0) is 17.2. The molecule has 1 aliphatic heterocycles. The van der Waals surface area contributed by atoms with Gasteiger partial charge in [0.2, 0.25) is 11.8 Å². The highest BCUT2D eigenvalue weighted by Crippen LogP contribution is 2.32. The fourth-order valence-corrected chi connectivity index (χ4v) is 3.11. The van der Waals surface area contributed by atoms with Crippen molar-refractivity contribution in [1.82, 2.24) is 29.9 Å². The second-order valence-electron chi connectivity index (χ2n) is 6.09. The lowest BCUT2D eigenvalue weighted by atomic mass is 10.0. The first kappa shape index (κ1) is 15.5. The molecule has 1 saturated heterocycles. The molecule has 0 spiro atoms. The van der Waals surface area contributed by atoms with E-state index in [4.69, 9.17) is 4.42 Å². The SMILES string of the molecule is Cn1cc(C(=O)N2CCCCC2c2nnc(-c3ccncc3)o2)cn1. The standard InChI is InChI=1S/C17H18N6O2/c1-22-11-13(10-19-22)17(24)23-9-3-2-4-14(23)16-21-20-15(25-16)12-5-7-18-8-6-12/h5-8,10-11,14H,2-4,9H2,1H3. The van der Waals surface area contributed by atoms with E-state index in [0.29, 0.717) is 23.9 Å². The minimum atomic E-state index is -0.204. The number of aryl methyl sites for hydroxylation is 1. The van der Waals surface area contributed by atoms with Crippen molar-refractivity contribution in [2.75, 3.05) is 6.54 Å². The molecule has 0 aliphatic carbocycles. The third-order valence-corrected chi connectivity index (χ3v) is 4.37. The summed E-state index contributed by atoms with van der Waals surface area (Å²) in [5.41, 5.74) is 1.39. The van der Waals surface area contributed by atoms with Crippen LogP contribution in [0.2, 0.25) is 0 Å². The van der Waals surface area contributed by atoms with Crippen LogP contribution in [0.15, 0.2) is 41.3 Å². The maximum absolute atomic E-state index is 12.8. The van der Waals surface area contributed by atoms with Crippen LogP contribution in [-0.4, -0.2) is 42.3 Å². The number of pyridine rings is 1. The van der Waals surface area contributed by atoms with E-state index in [0.717, 1.165) is 24.8 Å². The van der Waals surface area contributed by atoms with Crippen molar-refractivity contribution in [1.29, 1.82) is 0 Å². The zero-order valence-electron chi connectivity index (χ0n) is 13.9. The first-order chi connectivity index (χ1) is 12.2. The quantitative estimate of drug-likeness (QED) is 0.727. The number of nitrogens with zero attached hydrogens (tertiary/aromatic N) is 6. The first-order valence-corrected chi connectivity index (χ1v) is 8.26. The van der Waals surface area contributed by atoms with Crippen molar-refractivity contribution >= 4 is 5.91 Å². The molecule has 3 aromatic rings. The Balaban J connectivity index is 1.61. The summed E-state index contributed by atoms with van der Waals surface area (Å²) in [5.74, 6) is 0.863.